The smallest absolute Gasteiger partial charge is 0.408 e. The Morgan fingerprint density at radius 1 is 1.20 bits per heavy atom. The minimum Gasteiger partial charge on any atom is -0.444 e. The van der Waals surface area contributed by atoms with Crippen molar-refractivity contribution in [3.8, 4) is 0 Å². The van der Waals surface area contributed by atoms with Crippen molar-refractivity contribution in [2.24, 2.45) is 0 Å². The Labute approximate surface area is 177 Å². The zero-order valence-corrected chi connectivity index (χ0v) is 19.1. The molecule has 0 heterocycles. The molecule has 1 saturated carbocycles. The van der Waals surface area contributed by atoms with Crippen LogP contribution in [0.4, 0.5) is 9.18 Å². The number of carbonyl (C=O) groups excluding carboxylic acids is 2. The molecule has 2 atom stereocenters. The highest BCUT2D eigenvalue weighted by Crippen LogP contribution is 2.68. The molecule has 9 heteroatoms. The maximum Gasteiger partial charge on any atom is 0.408 e. The minimum atomic E-state index is -4.01. The molecule has 0 aliphatic heterocycles. The number of ether oxygens (including phenoxy) is 1. The van der Waals surface area contributed by atoms with E-state index in [1.165, 1.54) is 24.3 Å². The molecule has 7 nitrogen and oxygen atoms in total. The standard InChI is InChI=1S/C21H31FNO6P/c1-6-27-30(26,28-7-2)21(14-8-9-17(21)24)18(15-10-12-16(22)13-11-15)23-19(25)29-20(3,4)5/h10-13,18H,6-9,14H2,1-5H3,(H,23,25)/t18-,21-/m1/s1. The summed E-state index contributed by atoms with van der Waals surface area (Å²) in [6, 6.07) is 4.27. The molecule has 2 rings (SSSR count). The van der Waals surface area contributed by atoms with Gasteiger partial charge in [0, 0.05) is 6.42 Å². The molecule has 30 heavy (non-hydrogen) atoms. The van der Waals surface area contributed by atoms with Crippen LogP contribution in [0.3, 0.4) is 0 Å². The molecule has 0 unspecified atom stereocenters. The van der Waals surface area contributed by atoms with E-state index < -0.39 is 36.3 Å². The first-order valence-corrected chi connectivity index (χ1v) is 11.7. The highest BCUT2D eigenvalue weighted by atomic mass is 31.2. The van der Waals surface area contributed by atoms with Crippen molar-refractivity contribution >= 4 is 19.5 Å². The molecule has 1 amide bonds. The summed E-state index contributed by atoms with van der Waals surface area (Å²) in [6.07, 6.45) is 0.0607. The highest BCUT2D eigenvalue weighted by molar-refractivity contribution is 7.57. The predicted octanol–water partition coefficient (Wildman–Crippen LogP) is 5.15. The van der Waals surface area contributed by atoms with Crippen LogP contribution in [0.25, 0.3) is 0 Å². The van der Waals surface area contributed by atoms with Gasteiger partial charge in [0.05, 0.1) is 19.3 Å². The van der Waals surface area contributed by atoms with Gasteiger partial charge in [-0.2, -0.15) is 0 Å². The van der Waals surface area contributed by atoms with Gasteiger partial charge in [0.15, 0.2) is 10.9 Å². The van der Waals surface area contributed by atoms with Crippen molar-refractivity contribution in [2.75, 3.05) is 13.2 Å². The number of nitrogens with one attached hydrogen (secondary N) is 1. The fraction of sp³-hybridized carbons (Fsp3) is 0.619. The first-order valence-electron chi connectivity index (χ1n) is 10.2. The molecule has 1 aromatic rings. The number of amides is 1. The van der Waals surface area contributed by atoms with Crippen molar-refractivity contribution < 1.29 is 32.3 Å². The summed E-state index contributed by atoms with van der Waals surface area (Å²) in [7, 11) is -4.01. The zero-order chi connectivity index (χ0) is 22.6. The van der Waals surface area contributed by atoms with Gasteiger partial charge in [0.25, 0.3) is 0 Å². The van der Waals surface area contributed by atoms with Crippen LogP contribution in [0.15, 0.2) is 24.3 Å². The third-order valence-corrected chi connectivity index (χ3v) is 7.78. The predicted molar refractivity (Wildman–Crippen MR) is 111 cm³/mol. The number of rotatable bonds is 8. The van der Waals surface area contributed by atoms with Crippen molar-refractivity contribution in [2.45, 2.75) is 70.7 Å². The lowest BCUT2D eigenvalue weighted by molar-refractivity contribution is -0.120. The van der Waals surface area contributed by atoms with Gasteiger partial charge in [-0.1, -0.05) is 12.1 Å². The van der Waals surface area contributed by atoms with E-state index >= 15 is 0 Å². The molecule has 0 spiro atoms. The molecule has 168 valence electrons. The molecule has 0 aromatic heterocycles. The van der Waals surface area contributed by atoms with E-state index in [1.54, 1.807) is 34.6 Å². The number of Topliss-reactive ketones (excluding diaryl/α,β-unsaturated/α-hetero) is 1. The van der Waals surface area contributed by atoms with E-state index in [-0.39, 0.29) is 31.8 Å². The minimum absolute atomic E-state index is 0.0644. The molecule has 1 N–H and O–H groups in total. The Hall–Kier alpha value is -1.76. The van der Waals surface area contributed by atoms with Crippen molar-refractivity contribution in [3.63, 3.8) is 0 Å². The number of alkyl carbamates (subject to hydrolysis) is 1. The summed E-state index contributed by atoms with van der Waals surface area (Å²) in [6.45, 7) is 8.58. The molecule has 1 aliphatic rings. The lowest BCUT2D eigenvalue weighted by Crippen LogP contribution is -2.50. The fourth-order valence-electron chi connectivity index (χ4n) is 3.79. The van der Waals surface area contributed by atoms with Crippen LogP contribution >= 0.6 is 7.60 Å². The second-order valence-corrected chi connectivity index (χ2v) is 10.5. The van der Waals surface area contributed by atoms with Gasteiger partial charge in [-0.3, -0.25) is 9.36 Å². The number of carbonyl (C=O) groups is 2. The lowest BCUT2D eigenvalue weighted by Gasteiger charge is -2.41. The first kappa shape index (κ1) is 24.5. The Kier molecular flexibility index (Phi) is 7.83. The Morgan fingerprint density at radius 3 is 2.20 bits per heavy atom. The Bertz CT molecular complexity index is 797. The SMILES string of the molecule is CCOP(=O)(OCC)[C@]1([C@H](NC(=O)OC(C)(C)C)c2ccc(F)cc2)CCCC1=O. The Balaban J connectivity index is 2.64. The van der Waals surface area contributed by atoms with Crippen LogP contribution < -0.4 is 5.32 Å². The van der Waals surface area contributed by atoms with Gasteiger partial charge in [0.1, 0.15) is 11.4 Å². The van der Waals surface area contributed by atoms with Crippen LogP contribution in [0.1, 0.15) is 65.5 Å². The van der Waals surface area contributed by atoms with E-state index in [4.69, 9.17) is 13.8 Å². The van der Waals surface area contributed by atoms with Gasteiger partial charge in [-0.15, -0.1) is 0 Å². The van der Waals surface area contributed by atoms with Crippen LogP contribution in [0.2, 0.25) is 0 Å². The average molecular weight is 443 g/mol. The lowest BCUT2D eigenvalue weighted by atomic mass is 9.89. The van der Waals surface area contributed by atoms with Crippen LogP contribution in [0, 0.1) is 5.82 Å². The van der Waals surface area contributed by atoms with E-state index in [1.807, 2.05) is 0 Å². The van der Waals surface area contributed by atoms with Crippen molar-refractivity contribution in [1.82, 2.24) is 5.32 Å². The highest BCUT2D eigenvalue weighted by Gasteiger charge is 2.63. The topological polar surface area (TPSA) is 90.9 Å². The number of halogens is 1. The van der Waals surface area contributed by atoms with E-state index in [0.717, 1.165) is 0 Å². The van der Waals surface area contributed by atoms with Crippen molar-refractivity contribution in [1.29, 1.82) is 0 Å². The van der Waals surface area contributed by atoms with Crippen molar-refractivity contribution in [3.05, 3.63) is 35.6 Å². The second kappa shape index (κ2) is 9.58. The molecule has 0 bridgehead atoms. The number of benzene rings is 1. The number of hydrogen-bond acceptors (Lipinski definition) is 6. The average Bonchev–Trinajstić information content (AvgIpc) is 3.02. The summed E-state index contributed by atoms with van der Waals surface area (Å²) in [5.74, 6) is -0.794. The monoisotopic (exact) mass is 443 g/mol. The first-order chi connectivity index (χ1) is 14.0. The van der Waals surface area contributed by atoms with Gasteiger partial charge >= 0.3 is 13.7 Å². The Morgan fingerprint density at radius 2 is 1.77 bits per heavy atom. The summed E-state index contributed by atoms with van der Waals surface area (Å²) in [5, 5.41) is 1.08. The zero-order valence-electron chi connectivity index (χ0n) is 18.2. The van der Waals surface area contributed by atoms with Gasteiger partial charge in [-0.05, 0) is 65.2 Å². The molecular weight excluding hydrogens is 412 g/mol. The summed E-state index contributed by atoms with van der Waals surface area (Å²) in [4.78, 5) is 25.9. The number of ketones is 1. The quantitative estimate of drug-likeness (QED) is 0.559. The van der Waals surface area contributed by atoms with E-state index in [9.17, 15) is 18.5 Å². The molecule has 0 radical (unpaired) electrons. The summed E-state index contributed by atoms with van der Waals surface area (Å²) < 4.78 is 44.1. The fourth-order valence-corrected chi connectivity index (χ4v) is 6.39. The third-order valence-electron chi connectivity index (χ3n) is 4.87. The normalized spacial score (nSPS) is 20.8. The third kappa shape index (κ3) is 5.10. The second-order valence-electron chi connectivity index (χ2n) is 8.16. The van der Waals surface area contributed by atoms with Crippen LogP contribution in [0.5, 0.6) is 0 Å². The molecular formula is C21H31FNO6P. The van der Waals surface area contributed by atoms with E-state index in [2.05, 4.69) is 5.32 Å². The summed E-state index contributed by atoms with van der Waals surface area (Å²) in [5.41, 5.74) is -0.370. The van der Waals surface area contributed by atoms with Gasteiger partial charge in [0.2, 0.25) is 0 Å². The van der Waals surface area contributed by atoms with Gasteiger partial charge in [-0.25, -0.2) is 9.18 Å². The maximum atomic E-state index is 14.0. The van der Waals surface area contributed by atoms with Crippen LogP contribution in [-0.4, -0.2) is 35.8 Å². The van der Waals surface area contributed by atoms with Gasteiger partial charge < -0.3 is 19.1 Å². The molecule has 0 saturated heterocycles. The maximum absolute atomic E-state index is 14.0. The largest absolute Gasteiger partial charge is 0.444 e. The summed E-state index contributed by atoms with van der Waals surface area (Å²) >= 11 is 0. The molecule has 1 fully saturated rings. The number of hydrogen-bond donors (Lipinski definition) is 1. The molecule has 1 aromatic carbocycles. The molecule has 1 aliphatic carbocycles. The van der Waals surface area contributed by atoms with Crippen LogP contribution in [-0.2, 0) is 23.1 Å². The van der Waals surface area contributed by atoms with E-state index in [0.29, 0.717) is 12.0 Å².